The molecule has 1 aromatic carbocycles. The average Bonchev–Trinajstić information content (AvgIpc) is 2.00. The van der Waals surface area contributed by atoms with E-state index in [1.807, 2.05) is 5.92 Å². The topological polar surface area (TPSA) is 0 Å². The zero-order valence-electron chi connectivity index (χ0n) is 6.62. The summed E-state index contributed by atoms with van der Waals surface area (Å²) >= 11 is 11.2. The minimum atomic E-state index is -4.51. The van der Waals surface area contributed by atoms with Gasteiger partial charge in [0.05, 0.1) is 5.02 Å². The summed E-state index contributed by atoms with van der Waals surface area (Å²) in [5, 5.41) is 0.460. The highest BCUT2D eigenvalue weighted by Gasteiger charge is 2.23. The fraction of sp³-hybridized carbons (Fsp3) is 0.111. The molecule has 0 bridgehead atoms. The van der Waals surface area contributed by atoms with Gasteiger partial charge in [0, 0.05) is 16.5 Å². The molecule has 1 aromatic rings. The summed E-state index contributed by atoms with van der Waals surface area (Å²) in [6.45, 7) is 0. The highest BCUT2D eigenvalue weighted by Crippen LogP contribution is 2.20. The predicted molar refractivity (Wildman–Crippen MR) is 49.4 cm³/mol. The number of hydrogen-bond donors (Lipinski definition) is 0. The molecule has 0 unspecified atom stereocenters. The molecule has 0 aliphatic rings. The van der Waals surface area contributed by atoms with Crippen LogP contribution in [0.3, 0.4) is 0 Å². The average molecular weight is 239 g/mol. The third-order valence-electron chi connectivity index (χ3n) is 1.27. The first-order valence-electron chi connectivity index (χ1n) is 3.43. The monoisotopic (exact) mass is 238 g/mol. The lowest BCUT2D eigenvalue weighted by Crippen LogP contribution is -2.01. The Morgan fingerprint density at radius 3 is 2.29 bits per heavy atom. The molecule has 14 heavy (non-hydrogen) atoms. The van der Waals surface area contributed by atoms with Crippen LogP contribution in [0.4, 0.5) is 13.2 Å². The molecule has 0 saturated carbocycles. The van der Waals surface area contributed by atoms with Gasteiger partial charge in [0.25, 0.3) is 0 Å². The maximum Gasteiger partial charge on any atom is 0.458 e. The van der Waals surface area contributed by atoms with Gasteiger partial charge in [-0.05, 0) is 18.2 Å². The summed E-state index contributed by atoms with van der Waals surface area (Å²) in [4.78, 5) is 0. The molecule has 0 N–H and O–H groups in total. The highest BCUT2D eigenvalue weighted by atomic mass is 35.5. The Morgan fingerprint density at radius 1 is 1.14 bits per heavy atom. The van der Waals surface area contributed by atoms with Crippen LogP contribution < -0.4 is 0 Å². The van der Waals surface area contributed by atoms with Crippen molar-refractivity contribution in [2.75, 3.05) is 0 Å². The molecule has 0 radical (unpaired) electrons. The largest absolute Gasteiger partial charge is 0.458 e. The van der Waals surface area contributed by atoms with E-state index in [4.69, 9.17) is 23.2 Å². The molecule has 0 aliphatic carbocycles. The van der Waals surface area contributed by atoms with Gasteiger partial charge in [0.15, 0.2) is 0 Å². The Bertz CT molecular complexity index is 399. The van der Waals surface area contributed by atoms with Gasteiger partial charge in [-0.1, -0.05) is 29.1 Å². The van der Waals surface area contributed by atoms with Crippen molar-refractivity contribution >= 4 is 23.2 Å². The van der Waals surface area contributed by atoms with Crippen molar-refractivity contribution in [3.63, 3.8) is 0 Å². The molecule has 1 rings (SSSR count). The number of halogens is 5. The molecular formula is C9H3Cl2F3. The summed E-state index contributed by atoms with van der Waals surface area (Å²) in [7, 11) is 0. The molecule has 0 nitrogen and oxygen atoms in total. The second kappa shape index (κ2) is 4.12. The molecule has 0 aliphatic heterocycles. The maximum atomic E-state index is 11.7. The van der Waals surface area contributed by atoms with Crippen molar-refractivity contribution < 1.29 is 13.2 Å². The van der Waals surface area contributed by atoms with Crippen molar-refractivity contribution in [2.45, 2.75) is 6.18 Å². The molecule has 0 atom stereocenters. The molecule has 74 valence electrons. The first kappa shape index (κ1) is 11.2. The highest BCUT2D eigenvalue weighted by molar-refractivity contribution is 6.35. The number of hydrogen-bond acceptors (Lipinski definition) is 0. The summed E-state index contributed by atoms with van der Waals surface area (Å²) in [5.41, 5.74) is 0.105. The van der Waals surface area contributed by atoms with Crippen LogP contribution in [0.25, 0.3) is 0 Å². The van der Waals surface area contributed by atoms with Gasteiger partial charge < -0.3 is 0 Å². The van der Waals surface area contributed by atoms with Crippen LogP contribution in [0.15, 0.2) is 18.2 Å². The van der Waals surface area contributed by atoms with E-state index in [2.05, 4.69) is 0 Å². The third-order valence-corrected chi connectivity index (χ3v) is 1.82. The van der Waals surface area contributed by atoms with E-state index in [0.717, 1.165) is 5.92 Å². The first-order valence-corrected chi connectivity index (χ1v) is 4.19. The van der Waals surface area contributed by atoms with Crippen molar-refractivity contribution in [3.8, 4) is 11.8 Å². The van der Waals surface area contributed by atoms with Gasteiger partial charge in [0.1, 0.15) is 0 Å². The van der Waals surface area contributed by atoms with E-state index in [9.17, 15) is 13.2 Å². The Hall–Kier alpha value is -0.850. The molecule has 0 heterocycles. The van der Waals surface area contributed by atoms with Gasteiger partial charge >= 0.3 is 6.18 Å². The van der Waals surface area contributed by atoms with E-state index in [0.29, 0.717) is 5.02 Å². The maximum absolute atomic E-state index is 11.7. The van der Waals surface area contributed by atoms with E-state index in [-0.39, 0.29) is 10.6 Å². The smallest absolute Gasteiger partial charge is 0.159 e. The second-order valence-corrected chi connectivity index (χ2v) is 3.22. The number of benzene rings is 1. The van der Waals surface area contributed by atoms with Crippen LogP contribution in [0.2, 0.25) is 10.0 Å². The Morgan fingerprint density at radius 2 is 1.79 bits per heavy atom. The molecule has 0 spiro atoms. The van der Waals surface area contributed by atoms with Crippen molar-refractivity contribution in [3.05, 3.63) is 33.8 Å². The van der Waals surface area contributed by atoms with Gasteiger partial charge in [-0.2, -0.15) is 13.2 Å². The lowest BCUT2D eigenvalue weighted by Gasteiger charge is -1.96. The molecular weight excluding hydrogens is 236 g/mol. The summed E-state index contributed by atoms with van der Waals surface area (Å²) in [6.07, 6.45) is -4.51. The van der Waals surface area contributed by atoms with Gasteiger partial charge in [0.2, 0.25) is 0 Å². The van der Waals surface area contributed by atoms with Crippen LogP contribution in [-0.2, 0) is 0 Å². The standard InChI is InChI=1S/C9H3Cl2F3/c10-7-2-1-6(8(11)5-7)3-4-9(12,13)14/h1-2,5H. The summed E-state index contributed by atoms with van der Waals surface area (Å²) in [5.74, 6) is 3.04. The van der Waals surface area contributed by atoms with Crippen LogP contribution in [-0.4, -0.2) is 6.18 Å². The quantitative estimate of drug-likeness (QED) is 0.602. The van der Waals surface area contributed by atoms with Crippen LogP contribution in [0, 0.1) is 11.8 Å². The Balaban J connectivity index is 3.02. The molecule has 0 saturated heterocycles. The first-order chi connectivity index (χ1) is 6.38. The van der Waals surface area contributed by atoms with Crippen molar-refractivity contribution in [2.24, 2.45) is 0 Å². The van der Waals surface area contributed by atoms with Gasteiger partial charge in [-0.25, -0.2) is 0 Å². The zero-order valence-corrected chi connectivity index (χ0v) is 8.13. The normalized spacial score (nSPS) is 10.6. The third kappa shape index (κ3) is 3.49. The number of alkyl halides is 3. The Kier molecular flexibility index (Phi) is 3.30. The lowest BCUT2D eigenvalue weighted by molar-refractivity contribution is -0.0696. The van der Waals surface area contributed by atoms with E-state index >= 15 is 0 Å². The number of rotatable bonds is 0. The lowest BCUT2D eigenvalue weighted by atomic mass is 10.2. The fourth-order valence-corrected chi connectivity index (χ4v) is 1.18. The molecule has 0 aromatic heterocycles. The summed E-state index contributed by atoms with van der Waals surface area (Å²) < 4.78 is 35.1. The summed E-state index contributed by atoms with van der Waals surface area (Å²) in [6, 6.07) is 4.10. The zero-order chi connectivity index (χ0) is 10.8. The predicted octanol–water partition coefficient (Wildman–Crippen LogP) is 3.91. The van der Waals surface area contributed by atoms with Crippen LogP contribution in [0.1, 0.15) is 5.56 Å². The van der Waals surface area contributed by atoms with Crippen LogP contribution >= 0.6 is 23.2 Å². The van der Waals surface area contributed by atoms with Crippen molar-refractivity contribution in [1.82, 2.24) is 0 Å². The second-order valence-electron chi connectivity index (χ2n) is 2.37. The van der Waals surface area contributed by atoms with Gasteiger partial charge in [-0.3, -0.25) is 0 Å². The Labute approximate surface area is 88.6 Å². The fourth-order valence-electron chi connectivity index (χ4n) is 0.729. The minimum absolute atomic E-state index is 0.105. The van der Waals surface area contributed by atoms with Crippen LogP contribution in [0.5, 0.6) is 0 Å². The molecule has 0 amide bonds. The van der Waals surface area contributed by atoms with E-state index < -0.39 is 6.18 Å². The van der Waals surface area contributed by atoms with E-state index in [1.54, 1.807) is 0 Å². The molecule has 5 heteroatoms. The minimum Gasteiger partial charge on any atom is -0.159 e. The van der Waals surface area contributed by atoms with E-state index in [1.165, 1.54) is 18.2 Å². The van der Waals surface area contributed by atoms with Crippen molar-refractivity contribution in [1.29, 1.82) is 0 Å². The SMILES string of the molecule is FC(F)(F)C#Cc1ccc(Cl)cc1Cl. The van der Waals surface area contributed by atoms with Gasteiger partial charge in [-0.15, -0.1) is 0 Å². The molecule has 0 fully saturated rings.